The zero-order valence-electron chi connectivity index (χ0n) is 3.26. The first-order valence-corrected chi connectivity index (χ1v) is 3.42. The zero-order chi connectivity index (χ0) is 4.99. The Hall–Kier alpha value is -0.303. The minimum atomic E-state index is -2.41. The summed E-state index contributed by atoms with van der Waals surface area (Å²) in [4.78, 5) is 16.2. The van der Waals surface area contributed by atoms with Crippen molar-refractivity contribution in [3.63, 3.8) is 0 Å². The van der Waals surface area contributed by atoms with E-state index in [9.17, 15) is 0 Å². The van der Waals surface area contributed by atoms with Crippen LogP contribution in [-0.4, -0.2) is 18.9 Å². The topological polar surface area (TPSA) is 40.5 Å². The molecule has 2 N–H and O–H groups in total. The molecule has 0 atom stereocenters. The minimum Gasteiger partial charge on any atom is -0.412 e. The van der Waals surface area contributed by atoms with Gasteiger partial charge in [-0.15, -0.1) is 12.3 Å². The summed E-state index contributed by atoms with van der Waals surface area (Å²) < 4.78 is 0. The van der Waals surface area contributed by atoms with Gasteiger partial charge in [0.25, 0.3) is 0 Å². The third-order valence-corrected chi connectivity index (χ3v) is 0.901. The Bertz CT molecular complexity index is 63.7. The van der Waals surface area contributed by atoms with Gasteiger partial charge in [-0.05, 0) is 0 Å². The van der Waals surface area contributed by atoms with E-state index in [-0.39, 0.29) is 6.04 Å². The van der Waals surface area contributed by atoms with Crippen LogP contribution in [0.5, 0.6) is 0 Å². The van der Waals surface area contributed by atoms with Crippen molar-refractivity contribution in [3.8, 4) is 12.3 Å². The normalized spacial score (nSPS) is 8.33. The summed E-state index contributed by atoms with van der Waals surface area (Å²) in [6.45, 7) is 0. The van der Waals surface area contributed by atoms with Crippen LogP contribution in [0.4, 0.5) is 0 Å². The van der Waals surface area contributed by atoms with Gasteiger partial charge in [0.1, 0.15) is 0 Å². The number of terminal acetylenes is 1. The molecule has 0 saturated carbocycles. The molecule has 0 unspecified atom stereocenters. The third-order valence-electron chi connectivity index (χ3n) is 0.300. The highest BCUT2D eigenvalue weighted by Crippen LogP contribution is 1.74. The van der Waals surface area contributed by atoms with Gasteiger partial charge in [-0.2, -0.15) is 0 Å². The molecule has 0 aliphatic carbocycles. The maximum absolute atomic E-state index is 8.10. The van der Waals surface area contributed by atoms with Crippen LogP contribution < -0.4 is 0 Å². The van der Waals surface area contributed by atoms with E-state index in [1.165, 1.54) is 0 Å². The molecule has 0 heterocycles. The number of hydrogen-bond acceptors (Lipinski definition) is 2. The lowest BCUT2D eigenvalue weighted by Gasteiger charge is -1.85. The lowest BCUT2D eigenvalue weighted by molar-refractivity contribution is 0.412. The number of hydrogen-bond donors (Lipinski definition) is 2. The molecule has 0 saturated heterocycles. The molecule has 0 aliphatic heterocycles. The van der Waals surface area contributed by atoms with Crippen molar-refractivity contribution < 1.29 is 9.59 Å². The van der Waals surface area contributed by atoms with Gasteiger partial charge in [0.05, 0.1) is 0 Å². The van der Waals surface area contributed by atoms with E-state index in [1.807, 2.05) is 0 Å². The molecule has 0 fully saturated rings. The lowest BCUT2D eigenvalue weighted by atomic mass is 10.8. The summed E-state index contributed by atoms with van der Waals surface area (Å²) >= 11 is 0. The van der Waals surface area contributed by atoms with Crippen molar-refractivity contribution in [1.82, 2.24) is 0 Å². The predicted molar refractivity (Wildman–Crippen MR) is 25.2 cm³/mol. The molecule has 0 rings (SSSR count). The molecule has 0 radical (unpaired) electrons. The van der Waals surface area contributed by atoms with Crippen molar-refractivity contribution in [2.24, 2.45) is 0 Å². The van der Waals surface area contributed by atoms with E-state index in [0.717, 1.165) is 0 Å². The second-order valence-electron chi connectivity index (χ2n) is 0.889. The lowest BCUT2D eigenvalue weighted by Crippen LogP contribution is -2.07. The Balaban J connectivity index is 2.88. The van der Waals surface area contributed by atoms with Crippen LogP contribution in [0.25, 0.3) is 0 Å². The zero-order valence-corrected chi connectivity index (χ0v) is 4.41. The highest BCUT2D eigenvalue weighted by Gasteiger charge is 1.93. The van der Waals surface area contributed by atoms with Crippen molar-refractivity contribution in [1.29, 1.82) is 0 Å². The van der Waals surface area contributed by atoms with Gasteiger partial charge in [-0.3, -0.25) is 0 Å². The maximum Gasteiger partial charge on any atom is 0.328 e. The van der Waals surface area contributed by atoms with Crippen molar-refractivity contribution in [3.05, 3.63) is 0 Å². The van der Waals surface area contributed by atoms with E-state index in [0.29, 0.717) is 0 Å². The van der Waals surface area contributed by atoms with Gasteiger partial charge < -0.3 is 9.59 Å². The largest absolute Gasteiger partial charge is 0.412 e. The summed E-state index contributed by atoms with van der Waals surface area (Å²) in [5, 5.41) is 0. The van der Waals surface area contributed by atoms with Gasteiger partial charge in [-0.25, -0.2) is 0 Å². The summed E-state index contributed by atoms with van der Waals surface area (Å²) in [6, 6.07) is 0.153. The molecular formula is C3H6O2Si. The molecule has 0 aromatic rings. The van der Waals surface area contributed by atoms with E-state index < -0.39 is 9.28 Å². The first-order chi connectivity index (χ1) is 2.77. The first kappa shape index (κ1) is 5.70. The minimum absolute atomic E-state index is 0.153. The Morgan fingerprint density at radius 1 is 1.67 bits per heavy atom. The van der Waals surface area contributed by atoms with Gasteiger partial charge in [0, 0.05) is 6.04 Å². The monoisotopic (exact) mass is 102 g/mol. The van der Waals surface area contributed by atoms with Crippen LogP contribution in [0.3, 0.4) is 0 Å². The molecule has 34 valence electrons. The van der Waals surface area contributed by atoms with Crippen LogP contribution >= 0.6 is 0 Å². The van der Waals surface area contributed by atoms with Gasteiger partial charge in [-0.1, -0.05) is 0 Å². The Morgan fingerprint density at radius 3 is 2.17 bits per heavy atom. The first-order valence-electron chi connectivity index (χ1n) is 1.57. The Kier molecular flexibility index (Phi) is 2.76. The quantitative estimate of drug-likeness (QED) is 0.323. The molecule has 2 nitrogen and oxygen atoms in total. The summed E-state index contributed by atoms with van der Waals surface area (Å²) in [5.41, 5.74) is 0. The molecule has 0 amide bonds. The van der Waals surface area contributed by atoms with E-state index in [4.69, 9.17) is 16.0 Å². The molecule has 3 heteroatoms. The Morgan fingerprint density at radius 2 is 2.17 bits per heavy atom. The average Bonchev–Trinajstić information content (AvgIpc) is 1.35. The molecular weight excluding hydrogens is 96.1 g/mol. The number of rotatable bonds is 1. The smallest absolute Gasteiger partial charge is 0.328 e. The SMILES string of the molecule is C#CC[SiH](O)O. The van der Waals surface area contributed by atoms with Gasteiger partial charge in [0.15, 0.2) is 0 Å². The highest BCUT2D eigenvalue weighted by atomic mass is 28.3. The fourth-order valence-corrected chi connectivity index (χ4v) is 0.316. The molecule has 6 heavy (non-hydrogen) atoms. The summed E-state index contributed by atoms with van der Waals surface area (Å²) in [6.07, 6.45) is 4.69. The second-order valence-corrected chi connectivity index (χ2v) is 2.26. The van der Waals surface area contributed by atoms with E-state index in [1.54, 1.807) is 0 Å². The van der Waals surface area contributed by atoms with Crippen molar-refractivity contribution >= 4 is 9.28 Å². The third kappa shape index (κ3) is 3.70. The fraction of sp³-hybridized carbons (Fsp3) is 0.333. The van der Waals surface area contributed by atoms with Crippen LogP contribution in [0.15, 0.2) is 0 Å². The fourth-order valence-electron chi connectivity index (χ4n) is 0.105. The van der Waals surface area contributed by atoms with Gasteiger partial charge >= 0.3 is 9.28 Å². The van der Waals surface area contributed by atoms with Crippen LogP contribution in [0.2, 0.25) is 6.04 Å². The molecule has 0 aliphatic rings. The van der Waals surface area contributed by atoms with Crippen LogP contribution in [0, 0.1) is 12.3 Å². The Labute approximate surface area is 38.3 Å². The van der Waals surface area contributed by atoms with Gasteiger partial charge in [0.2, 0.25) is 0 Å². The summed E-state index contributed by atoms with van der Waals surface area (Å²) in [7, 11) is -2.41. The second kappa shape index (κ2) is 2.91. The molecule has 0 aromatic carbocycles. The molecule has 0 aromatic heterocycles. The predicted octanol–water partition coefficient (Wildman–Crippen LogP) is -1.18. The van der Waals surface area contributed by atoms with Crippen molar-refractivity contribution in [2.75, 3.05) is 0 Å². The molecule has 0 spiro atoms. The highest BCUT2D eigenvalue weighted by molar-refractivity contribution is 6.42. The van der Waals surface area contributed by atoms with E-state index in [2.05, 4.69) is 5.92 Å². The summed E-state index contributed by atoms with van der Waals surface area (Å²) in [5.74, 6) is 2.13. The average molecular weight is 102 g/mol. The van der Waals surface area contributed by atoms with Crippen LogP contribution in [0.1, 0.15) is 0 Å². The van der Waals surface area contributed by atoms with Crippen molar-refractivity contribution in [2.45, 2.75) is 6.04 Å². The maximum atomic E-state index is 8.10. The molecule has 0 bridgehead atoms. The van der Waals surface area contributed by atoms with Crippen LogP contribution in [-0.2, 0) is 0 Å². The van der Waals surface area contributed by atoms with E-state index >= 15 is 0 Å². The standard InChI is InChI=1S/C3H6O2Si/c1-2-3-6(4)5/h1,4-6H,3H2.